The zero-order valence-corrected chi connectivity index (χ0v) is 10.8. The van der Waals surface area contributed by atoms with Gasteiger partial charge in [-0.05, 0) is 12.1 Å². The maximum atomic E-state index is 9.77. The van der Waals surface area contributed by atoms with Crippen molar-refractivity contribution in [3.63, 3.8) is 0 Å². The van der Waals surface area contributed by atoms with E-state index in [2.05, 4.69) is 10.2 Å². The molecule has 18 heavy (non-hydrogen) atoms. The first kappa shape index (κ1) is 13.1. The van der Waals surface area contributed by atoms with Gasteiger partial charge in [0.1, 0.15) is 31.1 Å². The van der Waals surface area contributed by atoms with Crippen molar-refractivity contribution in [3.8, 4) is 5.75 Å². The number of aliphatic hydroxyl groups excluding tert-OH is 1. The standard InChI is InChI=1S/C11H11Cl2N3O2/c12-8-1-2-10(13)11(3-8)18-5-9(17)4-16-6-14-15-7-16/h1-3,6-7,9,17H,4-5H2. The first-order valence-corrected chi connectivity index (χ1v) is 5.99. The molecule has 96 valence electrons. The number of aromatic nitrogens is 3. The monoisotopic (exact) mass is 287 g/mol. The Balaban J connectivity index is 1.89. The average Bonchev–Trinajstić information content (AvgIpc) is 2.83. The molecule has 7 heteroatoms. The zero-order valence-electron chi connectivity index (χ0n) is 9.33. The van der Waals surface area contributed by atoms with E-state index in [1.807, 2.05) is 0 Å². The number of ether oxygens (including phenoxy) is 1. The van der Waals surface area contributed by atoms with Crippen LogP contribution in [0, 0.1) is 0 Å². The van der Waals surface area contributed by atoms with Gasteiger partial charge < -0.3 is 14.4 Å². The highest BCUT2D eigenvalue weighted by atomic mass is 35.5. The van der Waals surface area contributed by atoms with Crippen LogP contribution in [0.25, 0.3) is 0 Å². The van der Waals surface area contributed by atoms with Crippen LogP contribution < -0.4 is 4.74 Å². The van der Waals surface area contributed by atoms with E-state index in [4.69, 9.17) is 27.9 Å². The smallest absolute Gasteiger partial charge is 0.139 e. The quantitative estimate of drug-likeness (QED) is 0.914. The molecule has 0 aliphatic heterocycles. The predicted octanol–water partition coefficient (Wildman–Crippen LogP) is 2.02. The Morgan fingerprint density at radius 1 is 1.28 bits per heavy atom. The molecule has 0 radical (unpaired) electrons. The summed E-state index contributed by atoms with van der Waals surface area (Å²) in [5.74, 6) is 0.451. The second-order valence-corrected chi connectivity index (χ2v) is 4.54. The fourth-order valence-corrected chi connectivity index (χ4v) is 1.72. The first-order chi connectivity index (χ1) is 8.65. The van der Waals surface area contributed by atoms with Crippen molar-refractivity contribution in [2.45, 2.75) is 12.6 Å². The number of halogens is 2. The maximum absolute atomic E-state index is 9.77. The molecule has 0 aliphatic carbocycles. The van der Waals surface area contributed by atoms with Crippen molar-refractivity contribution in [2.75, 3.05) is 6.61 Å². The molecule has 1 aromatic heterocycles. The third kappa shape index (κ3) is 3.60. The molecule has 1 heterocycles. The molecule has 5 nitrogen and oxygen atoms in total. The lowest BCUT2D eigenvalue weighted by Gasteiger charge is -2.13. The minimum absolute atomic E-state index is 0.109. The predicted molar refractivity (Wildman–Crippen MR) is 68.0 cm³/mol. The number of benzene rings is 1. The Bertz CT molecular complexity index is 505. The maximum Gasteiger partial charge on any atom is 0.139 e. The van der Waals surface area contributed by atoms with E-state index in [9.17, 15) is 5.11 Å². The van der Waals surface area contributed by atoms with Gasteiger partial charge in [-0.1, -0.05) is 23.2 Å². The molecule has 0 bridgehead atoms. The van der Waals surface area contributed by atoms with Gasteiger partial charge in [0, 0.05) is 11.1 Å². The molecule has 0 saturated carbocycles. The summed E-state index contributed by atoms with van der Waals surface area (Å²) in [6.07, 6.45) is 2.36. The summed E-state index contributed by atoms with van der Waals surface area (Å²) in [4.78, 5) is 0. The van der Waals surface area contributed by atoms with Crippen LogP contribution in [0.5, 0.6) is 5.75 Å². The highest BCUT2D eigenvalue weighted by Crippen LogP contribution is 2.27. The van der Waals surface area contributed by atoms with Crippen LogP contribution in [0.15, 0.2) is 30.9 Å². The Hall–Kier alpha value is -1.30. The molecular weight excluding hydrogens is 277 g/mol. The van der Waals surface area contributed by atoms with Crippen LogP contribution in [-0.2, 0) is 6.54 Å². The average molecular weight is 288 g/mol. The molecule has 2 rings (SSSR count). The normalized spacial score (nSPS) is 12.4. The van der Waals surface area contributed by atoms with Gasteiger partial charge in [-0.25, -0.2) is 0 Å². The second kappa shape index (κ2) is 6.04. The molecule has 0 fully saturated rings. The van der Waals surface area contributed by atoms with E-state index >= 15 is 0 Å². The minimum Gasteiger partial charge on any atom is -0.489 e. The fraction of sp³-hybridized carbons (Fsp3) is 0.273. The molecule has 0 amide bonds. The lowest BCUT2D eigenvalue weighted by atomic mass is 10.3. The first-order valence-electron chi connectivity index (χ1n) is 5.23. The van der Waals surface area contributed by atoms with E-state index in [-0.39, 0.29) is 6.61 Å². The summed E-state index contributed by atoms with van der Waals surface area (Å²) in [6, 6.07) is 4.92. The minimum atomic E-state index is -0.684. The number of nitrogens with zero attached hydrogens (tertiary/aromatic N) is 3. The Morgan fingerprint density at radius 2 is 2.00 bits per heavy atom. The van der Waals surface area contributed by atoms with Crippen LogP contribution >= 0.6 is 23.2 Å². The number of hydrogen-bond donors (Lipinski definition) is 1. The van der Waals surface area contributed by atoms with Crippen LogP contribution in [0.3, 0.4) is 0 Å². The van der Waals surface area contributed by atoms with E-state index in [1.165, 1.54) is 12.7 Å². The van der Waals surface area contributed by atoms with Crippen LogP contribution in [0.2, 0.25) is 10.0 Å². The Morgan fingerprint density at radius 3 is 2.72 bits per heavy atom. The van der Waals surface area contributed by atoms with Crippen molar-refractivity contribution < 1.29 is 9.84 Å². The van der Waals surface area contributed by atoms with Crippen molar-refractivity contribution in [1.82, 2.24) is 14.8 Å². The molecular formula is C11H11Cl2N3O2. The largest absolute Gasteiger partial charge is 0.489 e. The summed E-state index contributed by atoms with van der Waals surface area (Å²) >= 11 is 11.8. The van der Waals surface area contributed by atoms with Gasteiger partial charge in [0.15, 0.2) is 0 Å². The van der Waals surface area contributed by atoms with Crippen molar-refractivity contribution in [3.05, 3.63) is 40.9 Å². The van der Waals surface area contributed by atoms with E-state index in [0.29, 0.717) is 22.3 Å². The lowest BCUT2D eigenvalue weighted by Crippen LogP contribution is -2.23. The number of aliphatic hydroxyl groups is 1. The highest BCUT2D eigenvalue weighted by molar-refractivity contribution is 6.34. The third-order valence-electron chi connectivity index (χ3n) is 2.21. The van der Waals surface area contributed by atoms with Gasteiger partial charge in [-0.2, -0.15) is 0 Å². The van der Waals surface area contributed by atoms with Gasteiger partial charge in [0.05, 0.1) is 11.6 Å². The van der Waals surface area contributed by atoms with Gasteiger partial charge >= 0.3 is 0 Å². The summed E-state index contributed by atoms with van der Waals surface area (Å²) in [5.41, 5.74) is 0. The Kier molecular flexibility index (Phi) is 4.41. The molecule has 0 spiro atoms. The zero-order chi connectivity index (χ0) is 13.0. The van der Waals surface area contributed by atoms with Crippen LogP contribution in [0.1, 0.15) is 0 Å². The Labute approximate surface area is 114 Å². The van der Waals surface area contributed by atoms with Crippen molar-refractivity contribution in [1.29, 1.82) is 0 Å². The van der Waals surface area contributed by atoms with Gasteiger partial charge in [-0.3, -0.25) is 0 Å². The summed E-state index contributed by atoms with van der Waals surface area (Å²) in [6.45, 7) is 0.462. The molecule has 0 saturated heterocycles. The third-order valence-corrected chi connectivity index (χ3v) is 2.76. The molecule has 1 atom stereocenters. The fourth-order valence-electron chi connectivity index (χ4n) is 1.39. The molecule has 1 unspecified atom stereocenters. The summed E-state index contributed by atoms with van der Waals surface area (Å²) < 4.78 is 7.07. The SMILES string of the molecule is OC(COc1cc(Cl)ccc1Cl)Cn1cnnc1. The molecule has 0 aliphatic rings. The van der Waals surface area contributed by atoms with Gasteiger partial charge in [0.25, 0.3) is 0 Å². The second-order valence-electron chi connectivity index (χ2n) is 3.70. The summed E-state index contributed by atoms with van der Waals surface area (Å²) in [7, 11) is 0. The topological polar surface area (TPSA) is 60.2 Å². The molecule has 2 aromatic rings. The van der Waals surface area contributed by atoms with Crippen LogP contribution in [-0.4, -0.2) is 32.6 Å². The van der Waals surface area contributed by atoms with E-state index < -0.39 is 6.10 Å². The molecule has 1 aromatic carbocycles. The van der Waals surface area contributed by atoms with Crippen molar-refractivity contribution >= 4 is 23.2 Å². The van der Waals surface area contributed by atoms with Crippen LogP contribution in [0.4, 0.5) is 0 Å². The number of rotatable bonds is 5. The van der Waals surface area contributed by atoms with E-state index in [0.717, 1.165) is 0 Å². The van der Waals surface area contributed by atoms with Crippen molar-refractivity contribution in [2.24, 2.45) is 0 Å². The van der Waals surface area contributed by atoms with Gasteiger partial charge in [0.2, 0.25) is 0 Å². The van der Waals surface area contributed by atoms with E-state index in [1.54, 1.807) is 22.8 Å². The highest BCUT2D eigenvalue weighted by Gasteiger charge is 2.08. The molecule has 1 N–H and O–H groups in total. The van der Waals surface area contributed by atoms with Gasteiger partial charge in [-0.15, -0.1) is 10.2 Å². The lowest BCUT2D eigenvalue weighted by molar-refractivity contribution is 0.0924. The number of hydrogen-bond acceptors (Lipinski definition) is 4. The summed E-state index contributed by atoms with van der Waals surface area (Å²) in [5, 5.41) is 18.0.